The molecule has 1 unspecified atom stereocenters. The molecule has 0 saturated carbocycles. The number of nitrogens with zero attached hydrogens (tertiary/aromatic N) is 5. The lowest BCUT2D eigenvalue weighted by atomic mass is 10.1. The number of aromatic nitrogens is 4. The third-order valence-electron chi connectivity index (χ3n) is 6.40. The van der Waals surface area contributed by atoms with E-state index in [0.29, 0.717) is 24.9 Å². The highest BCUT2D eigenvalue weighted by Crippen LogP contribution is 2.33. The molecule has 42 heavy (non-hydrogen) atoms. The maximum absolute atomic E-state index is 13.5. The number of hydrogen-bond acceptors (Lipinski definition) is 9. The van der Waals surface area contributed by atoms with Crippen molar-refractivity contribution in [2.45, 2.75) is 43.8 Å². The quantitative estimate of drug-likeness (QED) is 0.224. The van der Waals surface area contributed by atoms with E-state index in [1.807, 2.05) is 11.6 Å². The van der Waals surface area contributed by atoms with Gasteiger partial charge in [0.1, 0.15) is 11.1 Å². The van der Waals surface area contributed by atoms with E-state index in [1.54, 1.807) is 24.3 Å². The SMILES string of the molecule is CC(=O)OCOn1on1N1CCCC1C(=O)NS(=O)(=O)c1ccc(-n2nc(C(F)(F)F)cc2-c2ccc(C)cc2)cc1. The van der Waals surface area contributed by atoms with Crippen LogP contribution in [-0.4, -0.2) is 59.4 Å². The lowest BCUT2D eigenvalue weighted by molar-refractivity contribution is -0.156. The molecule has 2 aromatic carbocycles. The van der Waals surface area contributed by atoms with Crippen molar-refractivity contribution in [1.82, 2.24) is 24.5 Å². The molecular weight excluding hydrogens is 585 g/mol. The van der Waals surface area contributed by atoms with Crippen molar-refractivity contribution in [3.63, 3.8) is 0 Å². The van der Waals surface area contributed by atoms with Crippen LogP contribution in [0.4, 0.5) is 13.2 Å². The Hall–Kier alpha value is -4.67. The fourth-order valence-electron chi connectivity index (χ4n) is 4.31. The highest BCUT2D eigenvalue weighted by molar-refractivity contribution is 7.90. The molecule has 1 aliphatic rings. The van der Waals surface area contributed by atoms with Gasteiger partial charge in [-0.15, -0.1) is 0 Å². The molecule has 1 atom stereocenters. The minimum absolute atomic E-state index is 0.163. The Kier molecular flexibility index (Phi) is 7.53. The molecule has 1 saturated heterocycles. The summed E-state index contributed by atoms with van der Waals surface area (Å²) in [5.74, 6) is -1.39. The molecule has 5 rings (SSSR count). The van der Waals surface area contributed by atoms with Crippen LogP contribution >= 0.6 is 0 Å². The largest absolute Gasteiger partial charge is 0.435 e. The molecule has 0 aliphatic carbocycles. The summed E-state index contributed by atoms with van der Waals surface area (Å²) in [6.07, 6.45) is -3.82. The first-order valence-corrected chi connectivity index (χ1v) is 14.0. The molecule has 0 spiro atoms. The maximum atomic E-state index is 13.5. The van der Waals surface area contributed by atoms with Gasteiger partial charge in [0.2, 0.25) is 0 Å². The van der Waals surface area contributed by atoms with Gasteiger partial charge >= 0.3 is 12.1 Å². The van der Waals surface area contributed by atoms with Crippen LogP contribution in [0.3, 0.4) is 0 Å². The van der Waals surface area contributed by atoms with Crippen LogP contribution in [-0.2, 0) is 30.5 Å². The van der Waals surface area contributed by atoms with Crippen molar-refractivity contribution in [3.05, 3.63) is 65.9 Å². The number of ether oxygens (including phenoxy) is 1. The predicted octanol–water partition coefficient (Wildman–Crippen LogP) is 2.62. The van der Waals surface area contributed by atoms with Crippen molar-refractivity contribution in [1.29, 1.82) is 0 Å². The number of aryl methyl sites for hydroxylation is 1. The lowest BCUT2D eigenvalue weighted by Crippen LogP contribution is -2.49. The first kappa shape index (κ1) is 28.8. The fraction of sp³-hybridized carbons (Fsp3) is 0.320. The van der Waals surface area contributed by atoms with Gasteiger partial charge < -0.3 is 9.57 Å². The van der Waals surface area contributed by atoms with Gasteiger partial charge in [0, 0.05) is 19.0 Å². The zero-order chi connectivity index (χ0) is 30.2. The van der Waals surface area contributed by atoms with Crippen LogP contribution in [0.5, 0.6) is 0 Å². The molecule has 0 radical (unpaired) electrons. The van der Waals surface area contributed by atoms with E-state index in [4.69, 9.17) is 9.47 Å². The van der Waals surface area contributed by atoms with Gasteiger partial charge in [-0.2, -0.15) is 22.9 Å². The van der Waals surface area contributed by atoms with Gasteiger partial charge in [0.05, 0.1) is 21.2 Å². The number of nitrogens with one attached hydrogen (secondary N) is 1. The van der Waals surface area contributed by atoms with Crippen molar-refractivity contribution < 1.29 is 45.4 Å². The third kappa shape index (κ3) is 6.14. The first-order valence-electron chi connectivity index (χ1n) is 12.6. The normalized spacial score (nSPS) is 15.6. The summed E-state index contributed by atoms with van der Waals surface area (Å²) in [4.78, 5) is 29.6. The van der Waals surface area contributed by atoms with E-state index < -0.39 is 46.6 Å². The van der Waals surface area contributed by atoms with Gasteiger partial charge in [-0.3, -0.25) is 9.59 Å². The van der Waals surface area contributed by atoms with Gasteiger partial charge in [-0.1, -0.05) is 29.8 Å². The molecule has 1 N–H and O–H groups in total. The van der Waals surface area contributed by atoms with Crippen LogP contribution in [0.15, 0.2) is 64.1 Å². The van der Waals surface area contributed by atoms with Crippen LogP contribution < -0.4 is 14.6 Å². The van der Waals surface area contributed by atoms with E-state index in [2.05, 4.69) is 9.84 Å². The van der Waals surface area contributed by atoms with Crippen molar-refractivity contribution in [3.8, 4) is 16.9 Å². The number of halogens is 3. The van der Waals surface area contributed by atoms with Gasteiger partial charge in [0.25, 0.3) is 22.7 Å². The standard InChI is InChI=1S/C25H25F3N6O7S/c1-16-5-7-18(8-6-16)22-14-23(25(26,27)28)29-32(22)19-9-11-20(12-10-19)42(37,38)30-24(36)21-4-3-13-31(21)33-34(41-33)40-15-39-17(2)35/h5-12,14,21H,3-4,13,15H2,1-2H3,(H,30,36). The molecule has 0 bridgehead atoms. The summed E-state index contributed by atoms with van der Waals surface area (Å²) in [7, 11) is -4.34. The second kappa shape index (κ2) is 11.0. The van der Waals surface area contributed by atoms with Gasteiger partial charge in [-0.05, 0) is 50.1 Å². The van der Waals surface area contributed by atoms with E-state index in [0.717, 1.165) is 26.3 Å². The number of esters is 1. The molecule has 1 amide bonds. The van der Waals surface area contributed by atoms with Crippen molar-refractivity contribution in [2.24, 2.45) is 0 Å². The maximum Gasteiger partial charge on any atom is 0.435 e. The topological polar surface area (TPSA) is 143 Å². The van der Waals surface area contributed by atoms with Crippen molar-refractivity contribution >= 4 is 21.9 Å². The first-order chi connectivity index (χ1) is 19.8. The summed E-state index contributed by atoms with van der Waals surface area (Å²) in [6, 6.07) is 11.8. The molecule has 1 aliphatic heterocycles. The Labute approximate surface area is 236 Å². The Bertz CT molecular complexity index is 1680. The highest BCUT2D eigenvalue weighted by Gasteiger charge is 2.39. The molecule has 1 fully saturated rings. The Morgan fingerprint density at radius 2 is 1.81 bits per heavy atom. The number of hydrogen-bond donors (Lipinski definition) is 1. The van der Waals surface area contributed by atoms with Crippen LogP contribution in [0.25, 0.3) is 16.9 Å². The zero-order valence-corrected chi connectivity index (χ0v) is 23.1. The summed E-state index contributed by atoms with van der Waals surface area (Å²) in [5.41, 5.74) is 0.648. The Morgan fingerprint density at radius 3 is 2.45 bits per heavy atom. The van der Waals surface area contributed by atoms with E-state index >= 15 is 0 Å². The Morgan fingerprint density at radius 1 is 1.12 bits per heavy atom. The number of alkyl halides is 3. The van der Waals surface area contributed by atoms with E-state index in [1.165, 1.54) is 36.2 Å². The highest BCUT2D eigenvalue weighted by atomic mass is 32.2. The summed E-state index contributed by atoms with van der Waals surface area (Å²) in [6.45, 7) is 2.97. The monoisotopic (exact) mass is 610 g/mol. The minimum atomic E-state index is -4.69. The minimum Gasteiger partial charge on any atom is -0.426 e. The lowest BCUT2D eigenvalue weighted by Gasteiger charge is -2.19. The average molecular weight is 611 g/mol. The third-order valence-corrected chi connectivity index (χ3v) is 7.77. The smallest absolute Gasteiger partial charge is 0.426 e. The van der Waals surface area contributed by atoms with Crippen LogP contribution in [0, 0.1) is 6.92 Å². The molecule has 224 valence electrons. The van der Waals surface area contributed by atoms with Crippen LogP contribution in [0.2, 0.25) is 0 Å². The molecule has 17 heteroatoms. The van der Waals surface area contributed by atoms with E-state index in [-0.39, 0.29) is 16.3 Å². The molecule has 4 aromatic rings. The van der Waals surface area contributed by atoms with Gasteiger partial charge in [0.15, 0.2) is 5.69 Å². The van der Waals surface area contributed by atoms with E-state index in [9.17, 15) is 31.2 Å². The number of carbonyl (C=O) groups is 2. The zero-order valence-electron chi connectivity index (χ0n) is 22.2. The molecule has 2 aromatic heterocycles. The van der Waals surface area contributed by atoms with Crippen LogP contribution in [0.1, 0.15) is 31.0 Å². The van der Waals surface area contributed by atoms with Crippen molar-refractivity contribution in [2.75, 3.05) is 18.3 Å². The summed E-state index contributed by atoms with van der Waals surface area (Å²) >= 11 is 0. The second-order valence-corrected chi connectivity index (χ2v) is 11.1. The number of amides is 1. The molecule has 3 heterocycles. The summed E-state index contributed by atoms with van der Waals surface area (Å²) < 4.78 is 79.3. The predicted molar refractivity (Wildman–Crippen MR) is 138 cm³/mol. The second-order valence-electron chi connectivity index (χ2n) is 9.43. The number of benzene rings is 2. The number of rotatable bonds is 9. The average Bonchev–Trinajstić information content (AvgIpc) is 3.31. The molecular formula is C25H25F3N6O7S. The number of carbonyl (C=O) groups excluding carboxylic acids is 2. The molecule has 13 nitrogen and oxygen atoms in total. The Balaban J connectivity index is 1.32. The fourth-order valence-corrected chi connectivity index (χ4v) is 5.32. The number of sulfonamides is 1. The van der Waals surface area contributed by atoms with Gasteiger partial charge in [-0.25, -0.2) is 22.8 Å². The summed E-state index contributed by atoms with van der Waals surface area (Å²) in [5, 5.41) is 6.02.